The molecule has 3 aromatic heterocycles. The van der Waals surface area contributed by atoms with Crippen molar-refractivity contribution in [1.29, 1.82) is 0 Å². The monoisotopic (exact) mass is 588 g/mol. The van der Waals surface area contributed by atoms with Gasteiger partial charge in [-0.25, -0.2) is 14.4 Å². The molecule has 1 amide bonds. The Labute approximate surface area is 251 Å². The molecule has 3 fully saturated rings. The number of alkyl halides is 1. The Hall–Kier alpha value is -3.50. The largest absolute Gasteiger partial charge is 0.494 e. The summed E-state index contributed by atoms with van der Waals surface area (Å²) in [5.41, 5.74) is 10.2. The topological polar surface area (TPSA) is 100 Å². The highest BCUT2D eigenvalue weighted by molar-refractivity contribution is 6.00. The number of nitrogens with zero attached hydrogens (tertiary/aromatic N) is 5. The van der Waals surface area contributed by atoms with Crippen LogP contribution in [-0.4, -0.2) is 76.0 Å². The van der Waals surface area contributed by atoms with Gasteiger partial charge in [-0.3, -0.25) is 4.79 Å². The second-order valence-corrected chi connectivity index (χ2v) is 13.4. The number of rotatable bonds is 9. The molecule has 1 aromatic carbocycles. The number of ether oxygens (including phenoxy) is 2. The summed E-state index contributed by atoms with van der Waals surface area (Å²) in [6.07, 6.45) is 5.56. The number of carbonyl (C=O) groups excluding carboxylic acids is 1. The van der Waals surface area contributed by atoms with E-state index in [9.17, 15) is 9.18 Å². The molecule has 3 aliphatic rings. The fraction of sp³-hybridized carbons (Fsp3) is 0.545. The van der Waals surface area contributed by atoms with Crippen LogP contribution in [-0.2, 0) is 17.8 Å². The smallest absolute Gasteiger partial charge is 0.254 e. The Kier molecular flexibility index (Phi) is 7.16. The van der Waals surface area contributed by atoms with Gasteiger partial charge in [-0.1, -0.05) is 6.92 Å². The molecular formula is C33H41FN6O3. The Balaban J connectivity index is 1.35. The second-order valence-electron chi connectivity index (χ2n) is 13.4. The summed E-state index contributed by atoms with van der Waals surface area (Å²) in [4.78, 5) is 25.1. The molecule has 228 valence electrons. The van der Waals surface area contributed by atoms with Crippen LogP contribution in [0.3, 0.4) is 0 Å². The zero-order chi connectivity index (χ0) is 29.9. The summed E-state index contributed by atoms with van der Waals surface area (Å²) in [5, 5.41) is 1.08. The molecule has 7 rings (SSSR count). The number of fused-ring (bicyclic) bond motifs is 2. The fourth-order valence-electron chi connectivity index (χ4n) is 7.51. The quantitative estimate of drug-likeness (QED) is 0.294. The van der Waals surface area contributed by atoms with E-state index in [1.54, 1.807) is 20.3 Å². The summed E-state index contributed by atoms with van der Waals surface area (Å²) >= 11 is 0. The molecule has 2 aliphatic carbocycles. The van der Waals surface area contributed by atoms with Gasteiger partial charge >= 0.3 is 0 Å². The number of hydrogen-bond donors (Lipinski definition) is 1. The van der Waals surface area contributed by atoms with Gasteiger partial charge in [0.1, 0.15) is 23.1 Å². The maximum Gasteiger partial charge on any atom is 0.254 e. The van der Waals surface area contributed by atoms with E-state index in [0.29, 0.717) is 35.2 Å². The SMILES string of the molecule is COCC1(C)CC(Cn2c(-c3cc4cccnc4n3CC3CC3)nc3cc(C(=O)N4CC(N)C[C@@H](F)C4)cc(OC)c32)C1. The highest BCUT2D eigenvalue weighted by atomic mass is 19.1. The van der Waals surface area contributed by atoms with E-state index >= 15 is 0 Å². The predicted molar refractivity (Wildman–Crippen MR) is 164 cm³/mol. The van der Waals surface area contributed by atoms with Gasteiger partial charge in [0.2, 0.25) is 0 Å². The lowest BCUT2D eigenvalue weighted by atomic mass is 9.63. The van der Waals surface area contributed by atoms with Crippen molar-refractivity contribution in [1.82, 2.24) is 24.0 Å². The standard InChI is InChI=1S/C33H41FN6O3/c1-33(19-42-2)13-21(14-33)16-40-29-26(9-23(11-28(29)43-3)32(41)38-17-24(34)12-25(35)18-38)37-31(40)27-10-22-5-4-8-36-30(22)39(27)15-20-6-7-20/h4-5,8-11,20-21,24-25H,6-7,12-19,35H2,1-3H3/t21?,24-,25?,33?/m1/s1. The Bertz CT molecular complexity index is 1660. The molecule has 0 spiro atoms. The van der Waals surface area contributed by atoms with Crippen LogP contribution in [0.25, 0.3) is 33.6 Å². The lowest BCUT2D eigenvalue weighted by Crippen LogP contribution is -2.50. The van der Waals surface area contributed by atoms with E-state index in [1.807, 2.05) is 18.3 Å². The number of imidazole rings is 1. The summed E-state index contributed by atoms with van der Waals surface area (Å²) in [6.45, 7) is 5.08. The number of carbonyl (C=O) groups is 1. The van der Waals surface area contributed by atoms with Crippen molar-refractivity contribution in [2.75, 3.05) is 33.9 Å². The zero-order valence-electron chi connectivity index (χ0n) is 25.3. The third-order valence-corrected chi connectivity index (χ3v) is 9.51. The average Bonchev–Trinajstić information content (AvgIpc) is 3.62. The first-order valence-corrected chi connectivity index (χ1v) is 15.5. The number of amides is 1. The molecule has 4 aromatic rings. The van der Waals surface area contributed by atoms with Crippen LogP contribution in [0.5, 0.6) is 5.75 Å². The third kappa shape index (κ3) is 5.29. The summed E-state index contributed by atoms with van der Waals surface area (Å²) in [6, 6.07) is 9.48. The Morgan fingerprint density at radius 1 is 1.12 bits per heavy atom. The molecule has 9 nitrogen and oxygen atoms in total. The van der Waals surface area contributed by atoms with Gasteiger partial charge in [-0.05, 0) is 79.7 Å². The number of methoxy groups -OCH3 is 2. The minimum Gasteiger partial charge on any atom is -0.494 e. The summed E-state index contributed by atoms with van der Waals surface area (Å²) in [7, 11) is 3.39. The zero-order valence-corrected chi connectivity index (χ0v) is 25.3. The normalized spacial score (nSPS) is 25.8. The van der Waals surface area contributed by atoms with Crippen LogP contribution in [0.2, 0.25) is 0 Å². The fourth-order valence-corrected chi connectivity index (χ4v) is 7.51. The Morgan fingerprint density at radius 3 is 2.63 bits per heavy atom. The van der Waals surface area contributed by atoms with Gasteiger partial charge in [-0.2, -0.15) is 0 Å². The van der Waals surface area contributed by atoms with E-state index in [1.165, 1.54) is 17.7 Å². The van der Waals surface area contributed by atoms with Crippen LogP contribution in [0.15, 0.2) is 36.5 Å². The van der Waals surface area contributed by atoms with Crippen molar-refractivity contribution in [3.8, 4) is 17.3 Å². The maximum atomic E-state index is 14.4. The molecule has 2 atom stereocenters. The minimum absolute atomic E-state index is 0.0444. The average molecular weight is 589 g/mol. The number of hydrogen-bond acceptors (Lipinski definition) is 6. The molecule has 0 bridgehead atoms. The molecule has 4 heterocycles. The highest BCUT2D eigenvalue weighted by Crippen LogP contribution is 2.47. The van der Waals surface area contributed by atoms with Crippen molar-refractivity contribution >= 4 is 28.0 Å². The van der Waals surface area contributed by atoms with Gasteiger partial charge in [-0.15, -0.1) is 0 Å². The minimum atomic E-state index is -1.13. The van der Waals surface area contributed by atoms with E-state index in [-0.39, 0.29) is 30.3 Å². The van der Waals surface area contributed by atoms with Crippen molar-refractivity contribution in [2.24, 2.45) is 23.0 Å². The van der Waals surface area contributed by atoms with Gasteiger partial charge in [0, 0.05) is 49.9 Å². The molecule has 43 heavy (non-hydrogen) atoms. The van der Waals surface area contributed by atoms with Gasteiger partial charge < -0.3 is 29.2 Å². The number of aromatic nitrogens is 4. The first-order chi connectivity index (χ1) is 20.7. The van der Waals surface area contributed by atoms with Gasteiger partial charge in [0.25, 0.3) is 5.91 Å². The maximum absolute atomic E-state index is 14.4. The molecule has 1 saturated heterocycles. The van der Waals surface area contributed by atoms with Crippen LogP contribution in [0.1, 0.15) is 49.4 Å². The van der Waals surface area contributed by atoms with Gasteiger partial charge in [0.05, 0.1) is 31.5 Å². The van der Waals surface area contributed by atoms with Crippen molar-refractivity contribution < 1.29 is 18.7 Å². The number of nitrogens with two attached hydrogens (primary N) is 1. The number of piperidine rings is 1. The second kappa shape index (κ2) is 10.9. The van der Waals surface area contributed by atoms with Crippen molar-refractivity contribution in [3.05, 3.63) is 42.1 Å². The highest BCUT2D eigenvalue weighted by Gasteiger charge is 2.41. The molecular weight excluding hydrogens is 547 g/mol. The van der Waals surface area contributed by atoms with E-state index < -0.39 is 6.17 Å². The van der Waals surface area contributed by atoms with Crippen LogP contribution in [0, 0.1) is 17.3 Å². The lowest BCUT2D eigenvalue weighted by Gasteiger charge is -2.45. The van der Waals surface area contributed by atoms with Crippen molar-refractivity contribution in [2.45, 2.75) is 64.3 Å². The van der Waals surface area contributed by atoms with Crippen LogP contribution in [0.4, 0.5) is 4.39 Å². The van der Waals surface area contributed by atoms with Crippen LogP contribution >= 0.6 is 0 Å². The molecule has 2 N–H and O–H groups in total. The molecule has 0 radical (unpaired) electrons. The van der Waals surface area contributed by atoms with E-state index in [4.69, 9.17) is 25.2 Å². The number of pyridine rings is 1. The number of halogens is 1. The number of benzene rings is 1. The lowest BCUT2D eigenvalue weighted by molar-refractivity contribution is -0.0142. The summed E-state index contributed by atoms with van der Waals surface area (Å²) in [5.74, 6) is 2.28. The Morgan fingerprint density at radius 2 is 1.91 bits per heavy atom. The third-order valence-electron chi connectivity index (χ3n) is 9.51. The molecule has 1 aliphatic heterocycles. The predicted octanol–water partition coefficient (Wildman–Crippen LogP) is 5.05. The molecule has 2 saturated carbocycles. The van der Waals surface area contributed by atoms with Crippen LogP contribution < -0.4 is 10.5 Å². The number of likely N-dealkylation sites (tertiary alicyclic amines) is 1. The first-order valence-electron chi connectivity index (χ1n) is 15.5. The van der Waals surface area contributed by atoms with Crippen molar-refractivity contribution in [3.63, 3.8) is 0 Å². The molecule has 1 unspecified atom stereocenters. The molecule has 10 heteroatoms. The van der Waals surface area contributed by atoms with E-state index in [0.717, 1.165) is 60.6 Å². The summed E-state index contributed by atoms with van der Waals surface area (Å²) < 4.78 is 30.4. The van der Waals surface area contributed by atoms with Gasteiger partial charge in [0.15, 0.2) is 5.82 Å². The first kappa shape index (κ1) is 28.3. The van der Waals surface area contributed by atoms with E-state index in [2.05, 4.69) is 28.2 Å².